The largest absolute Gasteiger partial charge is 0.496 e. The SMILES string of the molecule is CNC(Cc1cncs1)c1cc(OC)cs1. The molecule has 0 aliphatic carbocycles. The molecule has 0 aromatic carbocycles. The molecule has 2 rings (SSSR count). The highest BCUT2D eigenvalue weighted by Crippen LogP contribution is 2.29. The minimum absolute atomic E-state index is 0.342. The number of hydrogen-bond acceptors (Lipinski definition) is 5. The maximum atomic E-state index is 5.20. The average Bonchev–Trinajstić information content (AvgIpc) is 2.96. The molecule has 5 heteroatoms. The molecule has 3 nitrogen and oxygen atoms in total. The molecule has 16 heavy (non-hydrogen) atoms. The van der Waals surface area contributed by atoms with E-state index < -0.39 is 0 Å². The number of aromatic nitrogens is 1. The number of ether oxygens (including phenoxy) is 1. The first-order chi connectivity index (χ1) is 7.83. The van der Waals surface area contributed by atoms with E-state index in [4.69, 9.17) is 4.74 Å². The van der Waals surface area contributed by atoms with Crippen LogP contribution in [-0.4, -0.2) is 19.1 Å². The second-order valence-electron chi connectivity index (χ2n) is 3.40. The lowest BCUT2D eigenvalue weighted by Crippen LogP contribution is -2.17. The van der Waals surface area contributed by atoms with Crippen molar-refractivity contribution >= 4 is 22.7 Å². The summed E-state index contributed by atoms with van der Waals surface area (Å²) in [4.78, 5) is 6.69. The van der Waals surface area contributed by atoms with Gasteiger partial charge in [-0.2, -0.15) is 0 Å². The third-order valence-electron chi connectivity index (χ3n) is 2.41. The number of thiophene rings is 1. The maximum absolute atomic E-state index is 5.20. The van der Waals surface area contributed by atoms with Crippen molar-refractivity contribution in [3.63, 3.8) is 0 Å². The van der Waals surface area contributed by atoms with Gasteiger partial charge in [-0.3, -0.25) is 4.98 Å². The molecule has 0 fully saturated rings. The van der Waals surface area contributed by atoms with Gasteiger partial charge in [-0.1, -0.05) is 0 Å². The molecule has 0 bridgehead atoms. The highest BCUT2D eigenvalue weighted by atomic mass is 32.1. The molecule has 0 saturated carbocycles. The van der Waals surface area contributed by atoms with E-state index in [9.17, 15) is 0 Å². The third kappa shape index (κ3) is 2.61. The second-order valence-corrected chi connectivity index (χ2v) is 5.32. The van der Waals surface area contributed by atoms with Crippen molar-refractivity contribution in [3.8, 4) is 5.75 Å². The summed E-state index contributed by atoms with van der Waals surface area (Å²) in [5.41, 5.74) is 1.87. The van der Waals surface area contributed by atoms with Gasteiger partial charge in [0.15, 0.2) is 0 Å². The van der Waals surface area contributed by atoms with Gasteiger partial charge in [-0.25, -0.2) is 0 Å². The fourth-order valence-corrected chi connectivity index (χ4v) is 3.12. The highest BCUT2D eigenvalue weighted by molar-refractivity contribution is 7.10. The van der Waals surface area contributed by atoms with Crippen molar-refractivity contribution in [2.75, 3.05) is 14.2 Å². The van der Waals surface area contributed by atoms with E-state index in [0.717, 1.165) is 12.2 Å². The zero-order chi connectivity index (χ0) is 11.4. The smallest absolute Gasteiger partial charge is 0.129 e. The standard InChI is InChI=1S/C11H14N2OS2/c1-12-10(4-9-5-13-7-16-9)11-3-8(14-2)6-15-11/h3,5-7,10,12H,4H2,1-2H3. The normalized spacial score (nSPS) is 12.6. The van der Waals surface area contributed by atoms with E-state index in [1.807, 2.05) is 24.1 Å². The van der Waals surface area contributed by atoms with Gasteiger partial charge in [0.2, 0.25) is 0 Å². The fourth-order valence-electron chi connectivity index (χ4n) is 1.51. The van der Waals surface area contributed by atoms with Crippen LogP contribution in [0.1, 0.15) is 15.8 Å². The van der Waals surface area contributed by atoms with E-state index in [1.54, 1.807) is 29.8 Å². The maximum Gasteiger partial charge on any atom is 0.129 e. The molecule has 86 valence electrons. The molecular weight excluding hydrogens is 240 g/mol. The summed E-state index contributed by atoms with van der Waals surface area (Å²) >= 11 is 3.42. The minimum Gasteiger partial charge on any atom is -0.496 e. The van der Waals surface area contributed by atoms with Crippen LogP contribution in [-0.2, 0) is 6.42 Å². The van der Waals surface area contributed by atoms with Crippen molar-refractivity contribution in [2.24, 2.45) is 0 Å². The number of thiazole rings is 1. The lowest BCUT2D eigenvalue weighted by atomic mass is 10.1. The summed E-state index contributed by atoms with van der Waals surface area (Å²) in [6.45, 7) is 0. The lowest BCUT2D eigenvalue weighted by molar-refractivity contribution is 0.416. The van der Waals surface area contributed by atoms with Gasteiger partial charge in [0.1, 0.15) is 5.75 Å². The minimum atomic E-state index is 0.342. The Balaban J connectivity index is 2.10. The van der Waals surface area contributed by atoms with E-state index in [0.29, 0.717) is 6.04 Å². The molecule has 1 atom stereocenters. The summed E-state index contributed by atoms with van der Waals surface area (Å²) < 4.78 is 5.20. The van der Waals surface area contributed by atoms with Gasteiger partial charge in [0.25, 0.3) is 0 Å². The van der Waals surface area contributed by atoms with Gasteiger partial charge < -0.3 is 10.1 Å². The van der Waals surface area contributed by atoms with Crippen LogP contribution in [0, 0.1) is 0 Å². The van der Waals surface area contributed by atoms with Crippen LogP contribution in [0.4, 0.5) is 0 Å². The Morgan fingerprint density at radius 3 is 2.94 bits per heavy atom. The number of hydrogen-bond donors (Lipinski definition) is 1. The zero-order valence-corrected chi connectivity index (χ0v) is 10.9. The molecule has 0 saturated heterocycles. The van der Waals surface area contributed by atoms with Crippen LogP contribution in [0.25, 0.3) is 0 Å². The average molecular weight is 254 g/mol. The number of methoxy groups -OCH3 is 1. The molecular formula is C11H14N2OS2. The third-order valence-corrected chi connectivity index (χ3v) is 4.24. The predicted octanol–water partition coefficient (Wildman–Crippen LogP) is 2.72. The first-order valence-corrected chi connectivity index (χ1v) is 6.76. The van der Waals surface area contributed by atoms with E-state index >= 15 is 0 Å². The monoisotopic (exact) mass is 254 g/mol. The summed E-state index contributed by atoms with van der Waals surface area (Å²) in [6, 6.07) is 2.43. The molecule has 2 aromatic heterocycles. The summed E-state index contributed by atoms with van der Waals surface area (Å²) in [5.74, 6) is 0.935. The van der Waals surface area contributed by atoms with Crippen LogP contribution in [0.3, 0.4) is 0 Å². The first-order valence-electron chi connectivity index (χ1n) is 5.00. The lowest BCUT2D eigenvalue weighted by Gasteiger charge is -2.12. The summed E-state index contributed by atoms with van der Waals surface area (Å²) in [6.07, 6.45) is 2.91. The van der Waals surface area contributed by atoms with E-state index in [-0.39, 0.29) is 0 Å². The van der Waals surface area contributed by atoms with Crippen molar-refractivity contribution in [1.29, 1.82) is 0 Å². The molecule has 2 heterocycles. The van der Waals surface area contributed by atoms with Crippen molar-refractivity contribution < 1.29 is 4.74 Å². The highest BCUT2D eigenvalue weighted by Gasteiger charge is 2.13. The number of likely N-dealkylation sites (N-methyl/N-ethyl adjacent to an activating group) is 1. The van der Waals surface area contributed by atoms with E-state index in [2.05, 4.69) is 16.4 Å². The van der Waals surface area contributed by atoms with Gasteiger partial charge in [0.05, 0.1) is 12.6 Å². The van der Waals surface area contributed by atoms with Crippen molar-refractivity contribution in [1.82, 2.24) is 10.3 Å². The Bertz CT molecular complexity index is 425. The number of rotatable bonds is 5. The van der Waals surface area contributed by atoms with Gasteiger partial charge in [0, 0.05) is 33.8 Å². The molecule has 0 aliphatic rings. The molecule has 0 spiro atoms. The zero-order valence-electron chi connectivity index (χ0n) is 9.27. The topological polar surface area (TPSA) is 34.2 Å². The first kappa shape index (κ1) is 11.6. The Labute approximate surface area is 103 Å². The second kappa shape index (κ2) is 5.43. The van der Waals surface area contributed by atoms with Crippen LogP contribution in [0.2, 0.25) is 0 Å². The van der Waals surface area contributed by atoms with Gasteiger partial charge >= 0.3 is 0 Å². The molecule has 0 aliphatic heterocycles. The summed E-state index contributed by atoms with van der Waals surface area (Å²) in [7, 11) is 3.68. The molecule has 0 radical (unpaired) electrons. The van der Waals surface area contributed by atoms with Crippen LogP contribution in [0.5, 0.6) is 5.75 Å². The van der Waals surface area contributed by atoms with Crippen LogP contribution < -0.4 is 10.1 Å². The summed E-state index contributed by atoms with van der Waals surface area (Å²) in [5, 5.41) is 5.36. The molecule has 2 aromatic rings. The Hall–Kier alpha value is -0.910. The van der Waals surface area contributed by atoms with Gasteiger partial charge in [-0.05, 0) is 13.1 Å². The Kier molecular flexibility index (Phi) is 3.93. The van der Waals surface area contributed by atoms with Crippen LogP contribution >= 0.6 is 22.7 Å². The van der Waals surface area contributed by atoms with Crippen molar-refractivity contribution in [3.05, 3.63) is 32.9 Å². The van der Waals surface area contributed by atoms with E-state index in [1.165, 1.54) is 9.75 Å². The number of nitrogens with zero attached hydrogens (tertiary/aromatic N) is 1. The molecule has 1 unspecified atom stereocenters. The van der Waals surface area contributed by atoms with Gasteiger partial charge in [-0.15, -0.1) is 22.7 Å². The quantitative estimate of drug-likeness (QED) is 0.891. The Morgan fingerprint density at radius 1 is 1.50 bits per heavy atom. The predicted molar refractivity (Wildman–Crippen MR) is 68.5 cm³/mol. The molecule has 1 N–H and O–H groups in total. The fraction of sp³-hybridized carbons (Fsp3) is 0.364. The number of nitrogens with one attached hydrogen (secondary N) is 1. The van der Waals surface area contributed by atoms with Crippen molar-refractivity contribution in [2.45, 2.75) is 12.5 Å². The Morgan fingerprint density at radius 2 is 2.38 bits per heavy atom. The van der Waals surface area contributed by atoms with Crippen LogP contribution in [0.15, 0.2) is 23.2 Å². The molecule has 0 amide bonds.